The Morgan fingerprint density at radius 1 is 1.11 bits per heavy atom. The number of nitrogens with zero attached hydrogens (tertiary/aromatic N) is 4. The Labute approximate surface area is 223 Å². The van der Waals surface area contributed by atoms with E-state index in [1.807, 2.05) is 11.0 Å². The predicted molar refractivity (Wildman–Crippen MR) is 143 cm³/mol. The molecule has 200 valence electrons. The molecule has 4 aliphatic rings. The number of aromatic nitrogens is 2. The number of thioether (sulfide) groups is 1. The van der Waals surface area contributed by atoms with Crippen molar-refractivity contribution in [1.82, 2.24) is 19.6 Å². The third-order valence-electron chi connectivity index (χ3n) is 8.35. The molecule has 0 aliphatic carbocycles. The summed E-state index contributed by atoms with van der Waals surface area (Å²) in [4.78, 5) is 19.4. The molecule has 1 aromatic carbocycles. The molecule has 2 aromatic rings. The number of hydrogen-bond acceptors (Lipinski definition) is 7. The lowest BCUT2D eigenvalue weighted by atomic mass is 9.95. The smallest absolute Gasteiger partial charge is 0.274 e. The Kier molecular flexibility index (Phi) is 7.74. The average molecular weight is 527 g/mol. The summed E-state index contributed by atoms with van der Waals surface area (Å²) in [5, 5.41) is 5.11. The zero-order valence-electron chi connectivity index (χ0n) is 21.8. The van der Waals surface area contributed by atoms with Gasteiger partial charge in [-0.3, -0.25) is 9.48 Å². The van der Waals surface area contributed by atoms with Crippen LogP contribution in [-0.2, 0) is 15.2 Å². The summed E-state index contributed by atoms with van der Waals surface area (Å²) in [6.07, 6.45) is 5.87. The number of morpholine rings is 1. The number of piperidine rings is 1. The molecule has 1 atom stereocenters. The van der Waals surface area contributed by atoms with Gasteiger partial charge in [0, 0.05) is 54.6 Å². The molecule has 1 aromatic heterocycles. The molecule has 0 spiro atoms. The van der Waals surface area contributed by atoms with E-state index < -0.39 is 0 Å². The van der Waals surface area contributed by atoms with Crippen LogP contribution < -0.4 is 4.74 Å². The largest absolute Gasteiger partial charge is 0.497 e. The van der Waals surface area contributed by atoms with E-state index in [1.54, 1.807) is 18.9 Å². The van der Waals surface area contributed by atoms with Gasteiger partial charge in [-0.05, 0) is 69.3 Å². The van der Waals surface area contributed by atoms with Crippen molar-refractivity contribution in [2.75, 3.05) is 66.3 Å². The lowest BCUT2D eigenvalue weighted by molar-refractivity contribution is 0.0297. The zero-order chi connectivity index (χ0) is 25.2. The molecular weight excluding hydrogens is 488 g/mol. The van der Waals surface area contributed by atoms with Crippen LogP contribution in [0, 0.1) is 5.92 Å². The van der Waals surface area contributed by atoms with Crippen LogP contribution in [0.5, 0.6) is 5.75 Å². The van der Waals surface area contributed by atoms with Gasteiger partial charge in [-0.2, -0.15) is 5.10 Å². The first-order valence-electron chi connectivity index (χ1n) is 13.8. The monoisotopic (exact) mass is 526 g/mol. The molecule has 6 rings (SSSR count). The zero-order valence-corrected chi connectivity index (χ0v) is 22.6. The van der Waals surface area contributed by atoms with E-state index in [1.165, 1.54) is 29.7 Å². The van der Waals surface area contributed by atoms with Gasteiger partial charge in [0.15, 0.2) is 5.69 Å². The van der Waals surface area contributed by atoms with Gasteiger partial charge in [-0.15, -0.1) is 11.8 Å². The van der Waals surface area contributed by atoms with Crippen LogP contribution in [0.15, 0.2) is 23.1 Å². The van der Waals surface area contributed by atoms with E-state index in [4.69, 9.17) is 19.3 Å². The lowest BCUT2D eigenvalue weighted by Crippen LogP contribution is -2.41. The van der Waals surface area contributed by atoms with Crippen LogP contribution in [0.25, 0.3) is 11.3 Å². The SMILES string of the molecule is COc1ccc2c(c1)SCc1c(C(=O)N3CCOCC3)nn([C@@H]3CCCN(CCC4CCOCC4)C3)c1-2. The number of likely N-dealkylation sites (tertiary alicyclic amines) is 1. The highest BCUT2D eigenvalue weighted by Gasteiger charge is 2.35. The molecule has 0 bridgehead atoms. The van der Waals surface area contributed by atoms with Crippen LogP contribution in [0.2, 0.25) is 0 Å². The molecule has 9 heteroatoms. The van der Waals surface area contributed by atoms with Gasteiger partial charge in [0.1, 0.15) is 5.75 Å². The Balaban J connectivity index is 1.30. The van der Waals surface area contributed by atoms with Crippen molar-refractivity contribution < 1.29 is 19.0 Å². The number of hydrogen-bond donors (Lipinski definition) is 0. The minimum atomic E-state index is 0.0445. The molecular formula is C28H38N4O4S. The molecule has 0 unspecified atom stereocenters. The summed E-state index contributed by atoms with van der Waals surface area (Å²) in [6.45, 7) is 7.54. The fraction of sp³-hybridized carbons (Fsp3) is 0.643. The van der Waals surface area contributed by atoms with Crippen molar-refractivity contribution in [1.29, 1.82) is 0 Å². The molecule has 37 heavy (non-hydrogen) atoms. The molecule has 0 radical (unpaired) electrons. The lowest BCUT2D eigenvalue weighted by Gasteiger charge is -2.35. The second-order valence-corrected chi connectivity index (χ2v) is 11.6. The van der Waals surface area contributed by atoms with E-state index in [0.717, 1.165) is 74.4 Å². The minimum Gasteiger partial charge on any atom is -0.497 e. The second kappa shape index (κ2) is 11.4. The molecule has 3 fully saturated rings. The maximum absolute atomic E-state index is 13.7. The summed E-state index contributed by atoms with van der Waals surface area (Å²) in [5.74, 6) is 2.44. The first kappa shape index (κ1) is 25.2. The Morgan fingerprint density at radius 2 is 1.92 bits per heavy atom. The number of rotatable bonds is 6. The van der Waals surface area contributed by atoms with Crippen LogP contribution in [-0.4, -0.2) is 91.7 Å². The van der Waals surface area contributed by atoms with Gasteiger partial charge in [-0.25, -0.2) is 0 Å². The normalized spacial score (nSPS) is 22.9. The number of methoxy groups -OCH3 is 1. The topological polar surface area (TPSA) is 69.1 Å². The number of amides is 1. The van der Waals surface area contributed by atoms with Gasteiger partial charge in [0.2, 0.25) is 0 Å². The summed E-state index contributed by atoms with van der Waals surface area (Å²) in [6, 6.07) is 6.55. The van der Waals surface area contributed by atoms with E-state index in [2.05, 4.69) is 21.7 Å². The highest BCUT2D eigenvalue weighted by atomic mass is 32.2. The maximum atomic E-state index is 13.7. The van der Waals surface area contributed by atoms with Crippen molar-refractivity contribution in [2.45, 2.75) is 48.8 Å². The van der Waals surface area contributed by atoms with Crippen molar-refractivity contribution >= 4 is 17.7 Å². The van der Waals surface area contributed by atoms with Gasteiger partial charge in [-0.1, -0.05) is 0 Å². The molecule has 5 heterocycles. The number of ether oxygens (including phenoxy) is 3. The van der Waals surface area contributed by atoms with Crippen LogP contribution >= 0.6 is 11.8 Å². The fourth-order valence-electron chi connectivity index (χ4n) is 6.17. The highest BCUT2D eigenvalue weighted by Crippen LogP contribution is 2.46. The maximum Gasteiger partial charge on any atom is 0.274 e. The quantitative estimate of drug-likeness (QED) is 0.562. The number of carbonyl (C=O) groups is 1. The first-order valence-corrected chi connectivity index (χ1v) is 14.8. The van der Waals surface area contributed by atoms with Crippen LogP contribution in [0.1, 0.15) is 54.2 Å². The highest BCUT2D eigenvalue weighted by molar-refractivity contribution is 7.98. The van der Waals surface area contributed by atoms with Gasteiger partial charge in [0.25, 0.3) is 5.91 Å². The minimum absolute atomic E-state index is 0.0445. The van der Waals surface area contributed by atoms with Gasteiger partial charge in [0.05, 0.1) is 32.1 Å². The second-order valence-electron chi connectivity index (χ2n) is 10.6. The fourth-order valence-corrected chi connectivity index (χ4v) is 7.27. The van der Waals surface area contributed by atoms with Gasteiger partial charge < -0.3 is 24.0 Å². The van der Waals surface area contributed by atoms with Crippen LogP contribution in [0.4, 0.5) is 0 Å². The van der Waals surface area contributed by atoms with E-state index in [9.17, 15) is 4.79 Å². The molecule has 3 saturated heterocycles. The summed E-state index contributed by atoms with van der Waals surface area (Å²) < 4.78 is 18.8. The third kappa shape index (κ3) is 5.28. The third-order valence-corrected chi connectivity index (χ3v) is 9.43. The number of carbonyl (C=O) groups excluding carboxylic acids is 1. The van der Waals surface area contributed by atoms with Crippen LogP contribution in [0.3, 0.4) is 0 Å². The van der Waals surface area contributed by atoms with Gasteiger partial charge >= 0.3 is 0 Å². The molecule has 4 aliphatic heterocycles. The van der Waals surface area contributed by atoms with E-state index in [0.29, 0.717) is 32.0 Å². The predicted octanol–water partition coefficient (Wildman–Crippen LogP) is 4.09. The molecule has 0 saturated carbocycles. The van der Waals surface area contributed by atoms with Crippen molar-refractivity contribution in [3.05, 3.63) is 29.5 Å². The Hall–Kier alpha value is -2.07. The summed E-state index contributed by atoms with van der Waals surface area (Å²) >= 11 is 1.77. The average Bonchev–Trinajstić information content (AvgIpc) is 3.37. The molecule has 0 N–H and O–H groups in total. The number of fused-ring (bicyclic) bond motifs is 3. The van der Waals surface area contributed by atoms with E-state index in [-0.39, 0.29) is 11.9 Å². The summed E-state index contributed by atoms with van der Waals surface area (Å²) in [7, 11) is 1.71. The number of benzene rings is 1. The van der Waals surface area contributed by atoms with Crippen molar-refractivity contribution in [3.63, 3.8) is 0 Å². The van der Waals surface area contributed by atoms with Crippen molar-refractivity contribution in [2.24, 2.45) is 5.92 Å². The Bertz CT molecular complexity index is 1110. The van der Waals surface area contributed by atoms with Crippen molar-refractivity contribution in [3.8, 4) is 17.0 Å². The Morgan fingerprint density at radius 3 is 2.73 bits per heavy atom. The molecule has 1 amide bonds. The standard InChI is InChI=1S/C28H38N4O4S/c1-34-22-4-5-23-25(17-22)37-19-24-26(28(33)31-11-15-36-16-12-31)29-32(27(23)24)21-3-2-9-30(18-21)10-6-20-7-13-35-14-8-20/h4-5,17,20-21H,2-3,6-16,18-19H2,1H3/t21-/m1/s1. The first-order chi connectivity index (χ1) is 18.2. The summed E-state index contributed by atoms with van der Waals surface area (Å²) in [5.41, 5.74) is 4.01. The molecule has 8 nitrogen and oxygen atoms in total. The van der Waals surface area contributed by atoms with E-state index >= 15 is 0 Å².